The summed E-state index contributed by atoms with van der Waals surface area (Å²) < 4.78 is 3.25. The van der Waals surface area contributed by atoms with Gasteiger partial charge < -0.3 is 4.40 Å². The molecular weight excluding hydrogens is 405 g/mol. The van der Waals surface area contributed by atoms with Crippen LogP contribution in [0.1, 0.15) is 0 Å². The van der Waals surface area contributed by atoms with Crippen LogP contribution in [0.4, 0.5) is 5.69 Å². The van der Waals surface area contributed by atoms with Crippen LogP contribution in [0.5, 0.6) is 0 Å². The number of nitrogens with zero attached hydrogens (tertiary/aromatic N) is 3. The Balaban J connectivity index is 2.03. The molecule has 2 aromatic carbocycles. The van der Waals surface area contributed by atoms with Crippen molar-refractivity contribution in [1.82, 2.24) is 9.38 Å². The van der Waals surface area contributed by atoms with E-state index in [0.717, 1.165) is 31.5 Å². The predicted octanol–water partition coefficient (Wildman–Crippen LogP) is 4.67. The van der Waals surface area contributed by atoms with Crippen molar-refractivity contribution in [3.63, 3.8) is 0 Å². The van der Waals surface area contributed by atoms with E-state index in [0.29, 0.717) is 0 Å². The van der Waals surface area contributed by atoms with E-state index in [9.17, 15) is 10.1 Å². The third kappa shape index (κ3) is 2.26. The third-order valence-electron chi connectivity index (χ3n) is 3.78. The van der Waals surface area contributed by atoms with E-state index in [-0.39, 0.29) is 5.69 Å². The zero-order valence-electron chi connectivity index (χ0n) is 11.8. The highest BCUT2D eigenvalue weighted by molar-refractivity contribution is 14.1. The van der Waals surface area contributed by atoms with Crippen LogP contribution in [0.25, 0.3) is 27.8 Å². The molecule has 0 unspecified atom stereocenters. The standard InChI is InChI=1S/C17H10IN3O2/c18-16-10-9-15-17(11-5-7-12(8-6-11)21(22)23)19-13-3-1-2-4-14(13)20(15)16/h1-10H. The largest absolute Gasteiger partial charge is 0.301 e. The Morgan fingerprint density at radius 2 is 1.70 bits per heavy atom. The number of hydrogen-bond acceptors (Lipinski definition) is 3. The molecule has 4 aromatic rings. The van der Waals surface area contributed by atoms with Crippen molar-refractivity contribution in [3.05, 3.63) is 74.5 Å². The second-order valence-electron chi connectivity index (χ2n) is 5.13. The molecule has 0 bridgehead atoms. The molecule has 112 valence electrons. The maximum absolute atomic E-state index is 10.8. The number of nitro groups is 1. The number of fused-ring (bicyclic) bond motifs is 3. The molecule has 23 heavy (non-hydrogen) atoms. The predicted molar refractivity (Wildman–Crippen MR) is 97.5 cm³/mol. The first-order chi connectivity index (χ1) is 11.1. The maximum atomic E-state index is 10.8. The molecule has 4 rings (SSSR count). The minimum Gasteiger partial charge on any atom is -0.301 e. The minimum absolute atomic E-state index is 0.0792. The lowest BCUT2D eigenvalue weighted by Crippen LogP contribution is -1.96. The van der Waals surface area contributed by atoms with Crippen molar-refractivity contribution in [2.24, 2.45) is 0 Å². The molecule has 0 fully saturated rings. The second-order valence-corrected chi connectivity index (χ2v) is 6.24. The number of halogens is 1. The number of para-hydroxylation sites is 2. The van der Waals surface area contributed by atoms with Crippen molar-refractivity contribution in [2.45, 2.75) is 0 Å². The topological polar surface area (TPSA) is 60.4 Å². The summed E-state index contributed by atoms with van der Waals surface area (Å²) >= 11 is 2.30. The van der Waals surface area contributed by atoms with Gasteiger partial charge in [0.25, 0.3) is 5.69 Å². The van der Waals surface area contributed by atoms with E-state index in [1.165, 1.54) is 12.1 Å². The molecule has 0 N–H and O–H groups in total. The van der Waals surface area contributed by atoms with Crippen LogP contribution in [0, 0.1) is 13.8 Å². The van der Waals surface area contributed by atoms with Gasteiger partial charge >= 0.3 is 0 Å². The van der Waals surface area contributed by atoms with Gasteiger partial charge in [-0.3, -0.25) is 10.1 Å². The Hall–Kier alpha value is -2.48. The van der Waals surface area contributed by atoms with Gasteiger partial charge in [-0.25, -0.2) is 4.98 Å². The van der Waals surface area contributed by atoms with Gasteiger partial charge in [-0.2, -0.15) is 0 Å². The van der Waals surface area contributed by atoms with Gasteiger partial charge in [-0.05, 0) is 59.0 Å². The van der Waals surface area contributed by atoms with Gasteiger partial charge in [0.1, 0.15) is 0 Å². The smallest absolute Gasteiger partial charge is 0.269 e. The highest BCUT2D eigenvalue weighted by Gasteiger charge is 2.13. The monoisotopic (exact) mass is 415 g/mol. The first kappa shape index (κ1) is 14.1. The molecule has 2 heterocycles. The quantitative estimate of drug-likeness (QED) is 0.272. The summed E-state index contributed by atoms with van der Waals surface area (Å²) in [5.41, 5.74) is 4.69. The number of rotatable bonds is 2. The van der Waals surface area contributed by atoms with Gasteiger partial charge in [-0.15, -0.1) is 0 Å². The molecular formula is C17H10IN3O2. The summed E-state index contributed by atoms with van der Waals surface area (Å²) in [5, 5.41) is 10.8. The van der Waals surface area contributed by atoms with Crippen LogP contribution in [0.2, 0.25) is 0 Å². The first-order valence-electron chi connectivity index (χ1n) is 6.96. The number of aromatic nitrogens is 2. The van der Waals surface area contributed by atoms with E-state index in [1.54, 1.807) is 12.1 Å². The molecule has 0 aliphatic rings. The van der Waals surface area contributed by atoms with E-state index >= 15 is 0 Å². The molecule has 6 heteroatoms. The van der Waals surface area contributed by atoms with Crippen molar-refractivity contribution in [1.29, 1.82) is 0 Å². The fourth-order valence-electron chi connectivity index (χ4n) is 2.72. The maximum Gasteiger partial charge on any atom is 0.269 e. The lowest BCUT2D eigenvalue weighted by molar-refractivity contribution is -0.384. The second kappa shape index (κ2) is 5.31. The van der Waals surface area contributed by atoms with Crippen molar-refractivity contribution in [3.8, 4) is 11.3 Å². The lowest BCUT2D eigenvalue weighted by atomic mass is 10.1. The molecule has 0 saturated heterocycles. The van der Waals surface area contributed by atoms with Crippen molar-refractivity contribution in [2.75, 3.05) is 0 Å². The molecule has 0 atom stereocenters. The van der Waals surface area contributed by atoms with Crippen LogP contribution in [0.15, 0.2) is 60.7 Å². The van der Waals surface area contributed by atoms with Crippen LogP contribution >= 0.6 is 22.6 Å². The van der Waals surface area contributed by atoms with E-state index in [2.05, 4.69) is 27.0 Å². The van der Waals surface area contributed by atoms with Crippen LogP contribution < -0.4 is 0 Å². The Labute approximate surface area is 144 Å². The van der Waals surface area contributed by atoms with Gasteiger partial charge in [0.15, 0.2) is 0 Å². The fourth-order valence-corrected chi connectivity index (χ4v) is 3.42. The number of benzene rings is 2. The normalized spacial score (nSPS) is 11.2. The average Bonchev–Trinajstić information content (AvgIpc) is 2.96. The van der Waals surface area contributed by atoms with Crippen molar-refractivity contribution < 1.29 is 4.92 Å². The SMILES string of the molecule is O=[N+]([O-])c1ccc(-c2nc3ccccc3n3c(I)ccc23)cc1. The summed E-state index contributed by atoms with van der Waals surface area (Å²) in [7, 11) is 0. The van der Waals surface area contributed by atoms with Crippen LogP contribution in [-0.4, -0.2) is 14.3 Å². The molecule has 0 spiro atoms. The molecule has 0 aliphatic carbocycles. The van der Waals surface area contributed by atoms with Crippen LogP contribution in [0.3, 0.4) is 0 Å². The molecule has 2 aromatic heterocycles. The zero-order chi connectivity index (χ0) is 16.0. The van der Waals surface area contributed by atoms with Crippen LogP contribution in [-0.2, 0) is 0 Å². The highest BCUT2D eigenvalue weighted by Crippen LogP contribution is 2.30. The fraction of sp³-hybridized carbons (Fsp3) is 0. The Morgan fingerprint density at radius 3 is 2.43 bits per heavy atom. The van der Waals surface area contributed by atoms with Gasteiger partial charge in [-0.1, -0.05) is 12.1 Å². The van der Waals surface area contributed by atoms with E-state index in [4.69, 9.17) is 4.98 Å². The lowest BCUT2D eigenvalue weighted by Gasteiger charge is -2.09. The summed E-state index contributed by atoms with van der Waals surface area (Å²) in [6.07, 6.45) is 0. The summed E-state index contributed by atoms with van der Waals surface area (Å²) in [5.74, 6) is 0. The van der Waals surface area contributed by atoms with E-state index < -0.39 is 4.92 Å². The summed E-state index contributed by atoms with van der Waals surface area (Å²) in [4.78, 5) is 15.2. The number of hydrogen-bond donors (Lipinski definition) is 0. The summed E-state index contributed by atoms with van der Waals surface area (Å²) in [6.45, 7) is 0. The number of non-ortho nitro benzene ring substituents is 1. The Kier molecular flexibility index (Phi) is 3.26. The van der Waals surface area contributed by atoms with E-state index in [1.807, 2.05) is 36.4 Å². The molecule has 0 radical (unpaired) electrons. The summed E-state index contributed by atoms with van der Waals surface area (Å²) in [6, 6.07) is 18.5. The Morgan fingerprint density at radius 1 is 0.957 bits per heavy atom. The van der Waals surface area contributed by atoms with Crippen molar-refractivity contribution >= 4 is 44.8 Å². The average molecular weight is 415 g/mol. The highest BCUT2D eigenvalue weighted by atomic mass is 127. The number of nitro benzene ring substituents is 1. The Bertz CT molecular complexity index is 1050. The van der Waals surface area contributed by atoms with Gasteiger partial charge in [0.05, 0.1) is 30.9 Å². The molecule has 0 saturated carbocycles. The van der Waals surface area contributed by atoms with Gasteiger partial charge in [0.2, 0.25) is 0 Å². The zero-order valence-corrected chi connectivity index (χ0v) is 14.0. The molecule has 0 amide bonds. The molecule has 5 nitrogen and oxygen atoms in total. The first-order valence-corrected chi connectivity index (χ1v) is 8.03. The molecule has 0 aliphatic heterocycles. The van der Waals surface area contributed by atoms with Gasteiger partial charge in [0, 0.05) is 17.7 Å². The third-order valence-corrected chi connectivity index (χ3v) is 4.62. The minimum atomic E-state index is -0.395.